The number of carbonyl (C=O) groups excluding carboxylic acids is 1. The maximum Gasteiger partial charge on any atom is 0.276 e. The maximum absolute atomic E-state index is 12.1. The van der Waals surface area contributed by atoms with Gasteiger partial charge in [-0.25, -0.2) is 0 Å². The molecule has 112 valence electrons. The van der Waals surface area contributed by atoms with Crippen LogP contribution in [0.3, 0.4) is 0 Å². The molecule has 0 aromatic heterocycles. The highest BCUT2D eigenvalue weighted by Crippen LogP contribution is 2.26. The van der Waals surface area contributed by atoms with E-state index in [1.807, 2.05) is 0 Å². The van der Waals surface area contributed by atoms with Crippen molar-refractivity contribution in [2.45, 2.75) is 19.4 Å². The van der Waals surface area contributed by atoms with E-state index in [0.717, 1.165) is 0 Å². The molecule has 8 heteroatoms. The fraction of sp³-hybridized carbons (Fsp3) is 0.308. The highest BCUT2D eigenvalue weighted by Gasteiger charge is 2.47. The summed E-state index contributed by atoms with van der Waals surface area (Å²) in [6.07, 6.45) is 0. The van der Waals surface area contributed by atoms with E-state index in [1.54, 1.807) is 39.1 Å². The van der Waals surface area contributed by atoms with Gasteiger partial charge in [-0.1, -0.05) is 28.4 Å². The number of rotatable bonds is 2. The molecule has 2 rings (SSSR count). The van der Waals surface area contributed by atoms with Crippen LogP contribution in [0.25, 0.3) is 0 Å². The summed E-state index contributed by atoms with van der Waals surface area (Å²) in [5.41, 5.74) is 2.79. The Balaban J connectivity index is 2.32. The van der Waals surface area contributed by atoms with Crippen LogP contribution < -0.4 is 5.43 Å². The van der Waals surface area contributed by atoms with E-state index in [-0.39, 0.29) is 17.3 Å². The number of oxime groups is 1. The number of nitrogens with zero attached hydrogens (tertiary/aromatic N) is 3. The zero-order valence-electron chi connectivity index (χ0n) is 11.7. The molecule has 1 aromatic rings. The number of amides is 1. The van der Waals surface area contributed by atoms with E-state index < -0.39 is 5.54 Å². The van der Waals surface area contributed by atoms with Gasteiger partial charge in [-0.2, -0.15) is 5.10 Å². The van der Waals surface area contributed by atoms with Gasteiger partial charge in [0.25, 0.3) is 5.91 Å². The van der Waals surface area contributed by atoms with Gasteiger partial charge in [-0.15, -0.1) is 0 Å². The van der Waals surface area contributed by atoms with Crippen LogP contribution in [0, 0.1) is 0 Å². The molecule has 21 heavy (non-hydrogen) atoms. The standard InChI is InChI=1S/C13H14Cl2N4O2/c1-13(2)11(18-21)10(12(20)19(13)3)17-16-7-4-5-8(14)9(15)6-7/h4-6,16,21H,1-3H3/b17-10+,18-11+. The molecule has 0 atom stereocenters. The zero-order valence-corrected chi connectivity index (χ0v) is 13.2. The molecular weight excluding hydrogens is 315 g/mol. The first-order valence-corrected chi connectivity index (χ1v) is 6.84. The van der Waals surface area contributed by atoms with Crippen LogP contribution >= 0.6 is 23.2 Å². The summed E-state index contributed by atoms with van der Waals surface area (Å²) in [6, 6.07) is 4.86. The Labute approximate surface area is 132 Å². The minimum atomic E-state index is -0.732. The van der Waals surface area contributed by atoms with Crippen molar-refractivity contribution in [2.75, 3.05) is 12.5 Å². The van der Waals surface area contributed by atoms with Gasteiger partial charge in [0.05, 0.1) is 21.3 Å². The normalized spacial score (nSPS) is 21.4. The molecule has 2 N–H and O–H groups in total. The molecule has 1 fully saturated rings. The van der Waals surface area contributed by atoms with Gasteiger partial charge in [-0.3, -0.25) is 10.2 Å². The Bertz CT molecular complexity index is 656. The van der Waals surface area contributed by atoms with Crippen molar-refractivity contribution in [1.82, 2.24) is 4.90 Å². The van der Waals surface area contributed by atoms with Crippen LogP contribution in [0.5, 0.6) is 0 Å². The molecule has 1 amide bonds. The minimum Gasteiger partial charge on any atom is -0.411 e. The van der Waals surface area contributed by atoms with E-state index in [1.165, 1.54) is 4.90 Å². The smallest absolute Gasteiger partial charge is 0.276 e. The molecule has 1 saturated heterocycles. The van der Waals surface area contributed by atoms with Crippen molar-refractivity contribution in [3.05, 3.63) is 28.2 Å². The Morgan fingerprint density at radius 3 is 2.52 bits per heavy atom. The average Bonchev–Trinajstić information content (AvgIpc) is 2.60. The van der Waals surface area contributed by atoms with E-state index in [2.05, 4.69) is 15.7 Å². The number of benzene rings is 1. The Morgan fingerprint density at radius 2 is 1.95 bits per heavy atom. The maximum atomic E-state index is 12.1. The lowest BCUT2D eigenvalue weighted by molar-refractivity contribution is -0.124. The summed E-state index contributed by atoms with van der Waals surface area (Å²) in [5, 5.41) is 17.2. The van der Waals surface area contributed by atoms with Crippen LogP contribution in [0.1, 0.15) is 13.8 Å². The second kappa shape index (κ2) is 5.54. The van der Waals surface area contributed by atoms with Gasteiger partial charge in [0.15, 0.2) is 5.71 Å². The number of hydrogen-bond acceptors (Lipinski definition) is 5. The van der Waals surface area contributed by atoms with E-state index in [9.17, 15) is 4.79 Å². The fourth-order valence-corrected chi connectivity index (χ4v) is 2.22. The molecule has 0 spiro atoms. The molecule has 1 aromatic carbocycles. The summed E-state index contributed by atoms with van der Waals surface area (Å²) < 4.78 is 0. The molecule has 1 heterocycles. The Morgan fingerprint density at radius 1 is 1.29 bits per heavy atom. The van der Waals surface area contributed by atoms with Crippen molar-refractivity contribution < 1.29 is 10.0 Å². The fourth-order valence-electron chi connectivity index (χ4n) is 1.92. The first kappa shape index (κ1) is 15.6. The summed E-state index contributed by atoms with van der Waals surface area (Å²) in [4.78, 5) is 13.6. The van der Waals surface area contributed by atoms with E-state index >= 15 is 0 Å². The van der Waals surface area contributed by atoms with Gasteiger partial charge in [0.2, 0.25) is 0 Å². The molecule has 1 aliphatic rings. The Hall–Kier alpha value is -1.79. The number of halogens is 2. The Kier molecular flexibility index (Phi) is 4.11. The lowest BCUT2D eigenvalue weighted by atomic mass is 9.99. The molecular formula is C13H14Cl2N4O2. The highest BCUT2D eigenvalue weighted by molar-refractivity contribution is 6.71. The van der Waals surface area contributed by atoms with Crippen LogP contribution in [0.2, 0.25) is 10.0 Å². The number of likely N-dealkylation sites (tertiary alicyclic amines) is 1. The quantitative estimate of drug-likeness (QED) is 0.647. The first-order valence-electron chi connectivity index (χ1n) is 6.09. The predicted molar refractivity (Wildman–Crippen MR) is 83.6 cm³/mol. The van der Waals surface area contributed by atoms with Gasteiger partial charge in [0.1, 0.15) is 5.71 Å². The molecule has 6 nitrogen and oxygen atoms in total. The lowest BCUT2D eigenvalue weighted by Crippen LogP contribution is -2.41. The summed E-state index contributed by atoms with van der Waals surface area (Å²) >= 11 is 11.7. The van der Waals surface area contributed by atoms with Crippen LogP contribution in [0.4, 0.5) is 5.69 Å². The van der Waals surface area contributed by atoms with Gasteiger partial charge in [0, 0.05) is 7.05 Å². The van der Waals surface area contributed by atoms with Crippen molar-refractivity contribution in [1.29, 1.82) is 0 Å². The lowest BCUT2D eigenvalue weighted by Gasteiger charge is -2.25. The average molecular weight is 329 g/mol. The van der Waals surface area contributed by atoms with Crippen molar-refractivity contribution in [2.24, 2.45) is 10.3 Å². The summed E-state index contributed by atoms with van der Waals surface area (Å²) in [6.45, 7) is 3.53. The second-order valence-electron chi connectivity index (χ2n) is 5.07. The van der Waals surface area contributed by atoms with Gasteiger partial charge < -0.3 is 10.1 Å². The zero-order chi connectivity index (χ0) is 15.8. The second-order valence-corrected chi connectivity index (χ2v) is 5.89. The molecule has 0 bridgehead atoms. The number of carbonyl (C=O) groups is 1. The summed E-state index contributed by atoms with van der Waals surface area (Å²) in [7, 11) is 1.62. The number of hydrazone groups is 1. The molecule has 0 radical (unpaired) electrons. The first-order chi connectivity index (χ1) is 9.78. The van der Waals surface area contributed by atoms with Crippen LogP contribution in [-0.4, -0.2) is 40.0 Å². The van der Waals surface area contributed by atoms with Crippen molar-refractivity contribution in [3.63, 3.8) is 0 Å². The third-order valence-electron chi connectivity index (χ3n) is 3.47. The number of anilines is 1. The number of hydrogen-bond donors (Lipinski definition) is 2. The predicted octanol–water partition coefficient (Wildman–Crippen LogP) is 2.84. The topological polar surface area (TPSA) is 77.3 Å². The van der Waals surface area contributed by atoms with Crippen molar-refractivity contribution in [3.8, 4) is 0 Å². The highest BCUT2D eigenvalue weighted by atomic mass is 35.5. The molecule has 1 aliphatic heterocycles. The van der Waals surface area contributed by atoms with E-state index in [4.69, 9.17) is 28.4 Å². The van der Waals surface area contributed by atoms with Crippen LogP contribution in [0.15, 0.2) is 28.5 Å². The summed E-state index contributed by atoms with van der Waals surface area (Å²) in [5.74, 6) is -0.333. The minimum absolute atomic E-state index is 0.0519. The largest absolute Gasteiger partial charge is 0.411 e. The molecule has 0 aliphatic carbocycles. The molecule has 0 unspecified atom stereocenters. The SMILES string of the molecule is CN1C(=O)C(=N/Nc2ccc(Cl)c(Cl)c2)/C(=N\O)C1(C)C. The number of nitrogens with one attached hydrogen (secondary N) is 1. The molecule has 0 saturated carbocycles. The van der Waals surface area contributed by atoms with Crippen LogP contribution in [-0.2, 0) is 4.79 Å². The van der Waals surface area contributed by atoms with E-state index in [0.29, 0.717) is 15.7 Å². The monoisotopic (exact) mass is 328 g/mol. The van der Waals surface area contributed by atoms with Crippen molar-refractivity contribution >= 4 is 46.2 Å². The third-order valence-corrected chi connectivity index (χ3v) is 4.20. The van der Waals surface area contributed by atoms with Gasteiger partial charge in [-0.05, 0) is 32.0 Å². The van der Waals surface area contributed by atoms with Gasteiger partial charge >= 0.3 is 0 Å². The third kappa shape index (κ3) is 2.69.